The van der Waals surface area contributed by atoms with Crippen LogP contribution in [0.5, 0.6) is 0 Å². The average molecular weight is 247 g/mol. The molecule has 0 bridgehead atoms. The summed E-state index contributed by atoms with van der Waals surface area (Å²) in [7, 11) is 0. The van der Waals surface area contributed by atoms with Crippen molar-refractivity contribution >= 4 is 23.3 Å². The highest BCUT2D eigenvalue weighted by Crippen LogP contribution is 2.34. The molecule has 96 valence electrons. The van der Waals surface area contributed by atoms with Gasteiger partial charge in [0.1, 0.15) is 5.82 Å². The largest absolute Gasteiger partial charge is 0.397 e. The molecule has 2 amide bonds. The van der Waals surface area contributed by atoms with E-state index in [-0.39, 0.29) is 17.2 Å². The highest BCUT2D eigenvalue weighted by atomic mass is 16.2. The third-order valence-electron chi connectivity index (χ3n) is 3.04. The van der Waals surface area contributed by atoms with Crippen molar-refractivity contribution in [3.63, 3.8) is 0 Å². The number of rotatable bonds is 1. The lowest BCUT2D eigenvalue weighted by atomic mass is 9.81. The molecule has 18 heavy (non-hydrogen) atoms. The lowest BCUT2D eigenvalue weighted by molar-refractivity contribution is -0.132. The zero-order valence-corrected chi connectivity index (χ0v) is 10.9. The summed E-state index contributed by atoms with van der Waals surface area (Å²) in [6, 6.07) is 1.71. The van der Waals surface area contributed by atoms with Gasteiger partial charge in [-0.15, -0.1) is 0 Å². The van der Waals surface area contributed by atoms with Crippen molar-refractivity contribution in [2.75, 3.05) is 10.6 Å². The molecule has 1 aliphatic heterocycles. The van der Waals surface area contributed by atoms with Crippen molar-refractivity contribution in [1.82, 2.24) is 4.98 Å². The van der Waals surface area contributed by atoms with Crippen molar-refractivity contribution in [2.24, 2.45) is 5.41 Å². The summed E-state index contributed by atoms with van der Waals surface area (Å²) in [6.07, 6.45) is 2.16. The first-order chi connectivity index (χ1) is 8.30. The highest BCUT2D eigenvalue weighted by molar-refractivity contribution is 6.16. The summed E-state index contributed by atoms with van der Waals surface area (Å²) in [5, 5.41) is 0. The van der Waals surface area contributed by atoms with Crippen molar-refractivity contribution in [2.45, 2.75) is 33.6 Å². The Hall–Kier alpha value is -1.91. The third kappa shape index (κ3) is 2.20. The Labute approximate surface area is 106 Å². The molecule has 1 aromatic heterocycles. The van der Waals surface area contributed by atoms with E-state index in [2.05, 4.69) is 4.98 Å². The standard InChI is InChI=1S/C13H17N3O2/c1-8-4-9(14)7-15-12(8)16-10(17)5-13(2,3)6-11(16)18/h4,7H,5-6,14H2,1-3H3. The van der Waals surface area contributed by atoms with E-state index in [1.54, 1.807) is 13.0 Å². The minimum absolute atomic E-state index is 0.198. The minimum atomic E-state index is -0.271. The molecule has 1 saturated heterocycles. The Morgan fingerprint density at radius 3 is 2.33 bits per heavy atom. The number of amides is 2. The first-order valence-electron chi connectivity index (χ1n) is 5.88. The van der Waals surface area contributed by atoms with Gasteiger partial charge in [0.15, 0.2) is 0 Å². The number of aromatic nitrogens is 1. The Kier molecular flexibility index (Phi) is 2.84. The summed E-state index contributed by atoms with van der Waals surface area (Å²) in [5.74, 6) is 0.00272. The maximum absolute atomic E-state index is 12.1. The molecule has 0 unspecified atom stereocenters. The van der Waals surface area contributed by atoms with Gasteiger partial charge in [0.2, 0.25) is 11.8 Å². The second-order valence-corrected chi connectivity index (χ2v) is 5.55. The number of piperidine rings is 1. The molecule has 0 aromatic carbocycles. The van der Waals surface area contributed by atoms with Crippen LogP contribution in [-0.4, -0.2) is 16.8 Å². The maximum Gasteiger partial charge on any atom is 0.235 e. The Bertz CT molecular complexity index is 503. The fraction of sp³-hybridized carbons (Fsp3) is 0.462. The number of nitrogen functional groups attached to an aromatic ring is 1. The number of carbonyl (C=O) groups excluding carboxylic acids is 2. The van der Waals surface area contributed by atoms with E-state index in [0.29, 0.717) is 24.3 Å². The second-order valence-electron chi connectivity index (χ2n) is 5.55. The summed E-state index contributed by atoms with van der Waals surface area (Å²) in [6.45, 7) is 5.63. The number of carbonyl (C=O) groups is 2. The molecule has 1 aliphatic rings. The SMILES string of the molecule is Cc1cc(N)cnc1N1C(=O)CC(C)(C)CC1=O. The molecule has 0 saturated carbocycles. The van der Waals surface area contributed by atoms with Crippen LogP contribution in [0.3, 0.4) is 0 Å². The van der Waals surface area contributed by atoms with Gasteiger partial charge in [0.05, 0.1) is 11.9 Å². The molecule has 0 atom stereocenters. The topological polar surface area (TPSA) is 76.3 Å². The van der Waals surface area contributed by atoms with Crippen LogP contribution in [0.2, 0.25) is 0 Å². The van der Waals surface area contributed by atoms with Crippen molar-refractivity contribution in [3.05, 3.63) is 17.8 Å². The minimum Gasteiger partial charge on any atom is -0.397 e. The monoisotopic (exact) mass is 247 g/mol. The van der Waals surface area contributed by atoms with E-state index < -0.39 is 0 Å². The van der Waals surface area contributed by atoms with E-state index in [9.17, 15) is 9.59 Å². The zero-order valence-electron chi connectivity index (χ0n) is 10.9. The van der Waals surface area contributed by atoms with Crippen LogP contribution < -0.4 is 10.6 Å². The number of nitrogens with two attached hydrogens (primary N) is 1. The summed E-state index contributed by atoms with van der Waals surface area (Å²) < 4.78 is 0. The zero-order chi connectivity index (χ0) is 13.5. The fourth-order valence-corrected chi connectivity index (χ4v) is 2.24. The molecule has 2 heterocycles. The van der Waals surface area contributed by atoms with Crippen LogP contribution in [-0.2, 0) is 9.59 Å². The van der Waals surface area contributed by atoms with Crippen LogP contribution >= 0.6 is 0 Å². The van der Waals surface area contributed by atoms with Gasteiger partial charge in [0, 0.05) is 12.8 Å². The lowest BCUT2D eigenvalue weighted by Crippen LogP contribution is -2.47. The summed E-state index contributed by atoms with van der Waals surface area (Å²) in [5.41, 5.74) is 6.60. The van der Waals surface area contributed by atoms with Gasteiger partial charge in [-0.2, -0.15) is 0 Å². The van der Waals surface area contributed by atoms with Crippen LogP contribution in [0.1, 0.15) is 32.3 Å². The second kappa shape index (κ2) is 4.08. The number of hydrogen-bond donors (Lipinski definition) is 1. The van der Waals surface area contributed by atoms with Gasteiger partial charge in [-0.1, -0.05) is 13.8 Å². The first kappa shape index (κ1) is 12.5. The Morgan fingerprint density at radius 2 is 1.83 bits per heavy atom. The smallest absolute Gasteiger partial charge is 0.235 e. The van der Waals surface area contributed by atoms with Gasteiger partial charge in [0.25, 0.3) is 0 Å². The lowest BCUT2D eigenvalue weighted by Gasteiger charge is -2.34. The predicted octanol–water partition coefficient (Wildman–Crippen LogP) is 1.65. The number of anilines is 2. The number of nitrogens with zero attached hydrogens (tertiary/aromatic N) is 2. The van der Waals surface area contributed by atoms with Gasteiger partial charge in [-0.05, 0) is 24.0 Å². The quantitative estimate of drug-likeness (QED) is 0.765. The Morgan fingerprint density at radius 1 is 1.28 bits per heavy atom. The molecule has 2 N–H and O–H groups in total. The molecule has 5 nitrogen and oxygen atoms in total. The predicted molar refractivity (Wildman–Crippen MR) is 68.9 cm³/mol. The molecule has 0 aliphatic carbocycles. The maximum atomic E-state index is 12.1. The van der Waals surface area contributed by atoms with Crippen molar-refractivity contribution in [3.8, 4) is 0 Å². The average Bonchev–Trinajstić information content (AvgIpc) is 2.18. The number of hydrogen-bond acceptors (Lipinski definition) is 4. The van der Waals surface area contributed by atoms with E-state index in [0.717, 1.165) is 5.56 Å². The van der Waals surface area contributed by atoms with Crippen molar-refractivity contribution in [1.29, 1.82) is 0 Å². The molecule has 1 aromatic rings. The van der Waals surface area contributed by atoms with Gasteiger partial charge in [-0.3, -0.25) is 9.59 Å². The third-order valence-corrected chi connectivity index (χ3v) is 3.04. The number of pyridine rings is 1. The van der Waals surface area contributed by atoms with Crippen LogP contribution in [0.4, 0.5) is 11.5 Å². The van der Waals surface area contributed by atoms with Crippen LogP contribution in [0.25, 0.3) is 0 Å². The molecular formula is C13H17N3O2. The first-order valence-corrected chi connectivity index (χ1v) is 5.88. The van der Waals surface area contributed by atoms with E-state index in [1.807, 2.05) is 13.8 Å². The summed E-state index contributed by atoms with van der Waals surface area (Å²) >= 11 is 0. The molecule has 1 fully saturated rings. The summed E-state index contributed by atoms with van der Waals surface area (Å²) in [4.78, 5) is 29.5. The molecule has 0 radical (unpaired) electrons. The highest BCUT2D eigenvalue weighted by Gasteiger charge is 2.39. The fourth-order valence-electron chi connectivity index (χ4n) is 2.24. The van der Waals surface area contributed by atoms with E-state index >= 15 is 0 Å². The van der Waals surface area contributed by atoms with E-state index in [4.69, 9.17) is 5.73 Å². The molecule has 2 rings (SSSR count). The van der Waals surface area contributed by atoms with Crippen LogP contribution in [0, 0.1) is 12.3 Å². The number of aryl methyl sites for hydroxylation is 1. The Balaban J connectivity index is 2.39. The van der Waals surface area contributed by atoms with Gasteiger partial charge < -0.3 is 5.73 Å². The molecular weight excluding hydrogens is 230 g/mol. The van der Waals surface area contributed by atoms with Gasteiger partial charge >= 0.3 is 0 Å². The number of imide groups is 1. The van der Waals surface area contributed by atoms with E-state index in [1.165, 1.54) is 11.1 Å². The van der Waals surface area contributed by atoms with Gasteiger partial charge in [-0.25, -0.2) is 9.88 Å². The molecule has 5 heteroatoms. The van der Waals surface area contributed by atoms with Crippen LogP contribution in [0.15, 0.2) is 12.3 Å². The molecule has 0 spiro atoms. The van der Waals surface area contributed by atoms with Crippen molar-refractivity contribution < 1.29 is 9.59 Å². The normalized spacial score (nSPS) is 19.2.